The molecule has 1 aliphatic heterocycles. The summed E-state index contributed by atoms with van der Waals surface area (Å²) in [6.45, 7) is 5.40. The zero-order valence-electron chi connectivity index (χ0n) is 11.7. The van der Waals surface area contributed by atoms with Crippen LogP contribution in [0.25, 0.3) is 0 Å². The van der Waals surface area contributed by atoms with Gasteiger partial charge in [0.1, 0.15) is 0 Å². The third-order valence-corrected chi connectivity index (χ3v) is 3.57. The van der Waals surface area contributed by atoms with E-state index in [9.17, 15) is 0 Å². The summed E-state index contributed by atoms with van der Waals surface area (Å²) < 4.78 is 10.6. The summed E-state index contributed by atoms with van der Waals surface area (Å²) in [6.07, 6.45) is 2.02. The van der Waals surface area contributed by atoms with Gasteiger partial charge in [-0.05, 0) is 30.0 Å². The maximum atomic E-state index is 6.00. The molecular formula is C15H24N2O2. The SMILES string of the molecule is COCCCOCCN1CCc2c(N)cccc2C1. The van der Waals surface area contributed by atoms with Crippen molar-refractivity contribution in [3.05, 3.63) is 29.3 Å². The second-order valence-electron chi connectivity index (χ2n) is 4.97. The van der Waals surface area contributed by atoms with Crippen molar-refractivity contribution in [3.63, 3.8) is 0 Å². The molecule has 2 N–H and O–H groups in total. The Morgan fingerprint density at radius 1 is 1.26 bits per heavy atom. The molecule has 0 atom stereocenters. The van der Waals surface area contributed by atoms with Crippen LogP contribution >= 0.6 is 0 Å². The van der Waals surface area contributed by atoms with E-state index in [2.05, 4.69) is 11.0 Å². The summed E-state index contributed by atoms with van der Waals surface area (Å²) in [5, 5.41) is 0. The first-order chi connectivity index (χ1) is 9.31. The third-order valence-electron chi connectivity index (χ3n) is 3.57. The molecule has 19 heavy (non-hydrogen) atoms. The van der Waals surface area contributed by atoms with Crippen LogP contribution in [-0.2, 0) is 22.4 Å². The van der Waals surface area contributed by atoms with Crippen molar-refractivity contribution in [3.8, 4) is 0 Å². The van der Waals surface area contributed by atoms with Crippen molar-refractivity contribution >= 4 is 5.69 Å². The zero-order valence-corrected chi connectivity index (χ0v) is 11.7. The van der Waals surface area contributed by atoms with E-state index in [0.29, 0.717) is 0 Å². The van der Waals surface area contributed by atoms with E-state index >= 15 is 0 Å². The molecule has 1 aromatic carbocycles. The van der Waals surface area contributed by atoms with E-state index in [1.807, 2.05) is 12.1 Å². The van der Waals surface area contributed by atoms with E-state index in [1.165, 1.54) is 11.1 Å². The standard InChI is InChI=1S/C15H24N2O2/c1-18-9-3-10-19-11-8-17-7-6-14-13(12-17)4-2-5-15(14)16/h2,4-5H,3,6-12,16H2,1H3. The number of fused-ring (bicyclic) bond motifs is 1. The summed E-state index contributed by atoms with van der Waals surface area (Å²) in [5.74, 6) is 0. The molecule has 1 heterocycles. The monoisotopic (exact) mass is 264 g/mol. The molecule has 0 saturated carbocycles. The van der Waals surface area contributed by atoms with Crippen LogP contribution in [0.1, 0.15) is 17.5 Å². The highest BCUT2D eigenvalue weighted by atomic mass is 16.5. The molecule has 1 aromatic rings. The highest BCUT2D eigenvalue weighted by Crippen LogP contribution is 2.23. The van der Waals surface area contributed by atoms with Gasteiger partial charge in [-0.15, -0.1) is 0 Å². The van der Waals surface area contributed by atoms with Gasteiger partial charge in [0.2, 0.25) is 0 Å². The van der Waals surface area contributed by atoms with Crippen LogP contribution in [0.2, 0.25) is 0 Å². The Bertz CT molecular complexity index is 396. The molecule has 0 spiro atoms. The number of hydrogen-bond donors (Lipinski definition) is 1. The van der Waals surface area contributed by atoms with Crippen LogP contribution in [0.3, 0.4) is 0 Å². The number of nitrogens with two attached hydrogens (primary N) is 1. The zero-order chi connectivity index (χ0) is 13.5. The Labute approximate surface area is 115 Å². The molecule has 106 valence electrons. The molecule has 0 bridgehead atoms. The van der Waals surface area contributed by atoms with E-state index in [1.54, 1.807) is 7.11 Å². The Morgan fingerprint density at radius 2 is 2.16 bits per heavy atom. The Hall–Kier alpha value is -1.10. The van der Waals surface area contributed by atoms with E-state index in [-0.39, 0.29) is 0 Å². The normalized spacial score (nSPS) is 15.4. The van der Waals surface area contributed by atoms with Crippen LogP contribution < -0.4 is 5.73 Å². The predicted octanol–water partition coefficient (Wildman–Crippen LogP) is 1.68. The number of nitrogen functional groups attached to an aromatic ring is 1. The van der Waals surface area contributed by atoms with Crippen molar-refractivity contribution in [2.45, 2.75) is 19.4 Å². The lowest BCUT2D eigenvalue weighted by Crippen LogP contribution is -2.33. The van der Waals surface area contributed by atoms with Gasteiger partial charge in [-0.2, -0.15) is 0 Å². The predicted molar refractivity (Wildman–Crippen MR) is 77.1 cm³/mol. The smallest absolute Gasteiger partial charge is 0.0593 e. The molecule has 0 fully saturated rings. The van der Waals surface area contributed by atoms with Gasteiger partial charge < -0.3 is 15.2 Å². The number of anilines is 1. The minimum absolute atomic E-state index is 0.774. The van der Waals surface area contributed by atoms with Crippen molar-refractivity contribution in [1.29, 1.82) is 0 Å². The van der Waals surface area contributed by atoms with Crippen LogP contribution in [0.4, 0.5) is 5.69 Å². The second-order valence-corrected chi connectivity index (χ2v) is 4.97. The van der Waals surface area contributed by atoms with Crippen LogP contribution in [0.5, 0.6) is 0 Å². The third kappa shape index (κ3) is 4.20. The van der Waals surface area contributed by atoms with Gasteiger partial charge in [-0.25, -0.2) is 0 Å². The number of ether oxygens (including phenoxy) is 2. The summed E-state index contributed by atoms with van der Waals surface area (Å²) in [6, 6.07) is 6.21. The van der Waals surface area contributed by atoms with Crippen molar-refractivity contribution in [2.75, 3.05) is 45.8 Å². The molecule has 0 aromatic heterocycles. The van der Waals surface area contributed by atoms with Gasteiger partial charge in [-0.3, -0.25) is 4.90 Å². The van der Waals surface area contributed by atoms with Gasteiger partial charge in [-0.1, -0.05) is 12.1 Å². The van der Waals surface area contributed by atoms with Crippen LogP contribution in [0, 0.1) is 0 Å². The van der Waals surface area contributed by atoms with E-state index in [4.69, 9.17) is 15.2 Å². The highest BCUT2D eigenvalue weighted by molar-refractivity contribution is 5.51. The van der Waals surface area contributed by atoms with Gasteiger partial charge >= 0.3 is 0 Å². The van der Waals surface area contributed by atoms with Crippen molar-refractivity contribution in [2.24, 2.45) is 0 Å². The van der Waals surface area contributed by atoms with Crippen molar-refractivity contribution < 1.29 is 9.47 Å². The lowest BCUT2D eigenvalue weighted by Gasteiger charge is -2.29. The van der Waals surface area contributed by atoms with Crippen molar-refractivity contribution in [1.82, 2.24) is 4.90 Å². The molecule has 1 aliphatic rings. The average Bonchev–Trinajstić information content (AvgIpc) is 2.43. The molecule has 4 heteroatoms. The van der Waals surface area contributed by atoms with Gasteiger partial charge in [0.15, 0.2) is 0 Å². The topological polar surface area (TPSA) is 47.7 Å². The Kier molecular flexibility index (Phi) is 5.63. The van der Waals surface area contributed by atoms with Crippen LogP contribution in [-0.4, -0.2) is 44.9 Å². The fraction of sp³-hybridized carbons (Fsp3) is 0.600. The molecular weight excluding hydrogens is 240 g/mol. The van der Waals surface area contributed by atoms with Gasteiger partial charge in [0.05, 0.1) is 6.61 Å². The fourth-order valence-corrected chi connectivity index (χ4v) is 2.49. The maximum absolute atomic E-state index is 6.00. The lowest BCUT2D eigenvalue weighted by molar-refractivity contribution is 0.0808. The average molecular weight is 264 g/mol. The number of methoxy groups -OCH3 is 1. The highest BCUT2D eigenvalue weighted by Gasteiger charge is 2.17. The summed E-state index contributed by atoms with van der Waals surface area (Å²) in [7, 11) is 1.72. The minimum Gasteiger partial charge on any atom is -0.398 e. The molecule has 4 nitrogen and oxygen atoms in total. The minimum atomic E-state index is 0.774. The largest absolute Gasteiger partial charge is 0.398 e. The van der Waals surface area contributed by atoms with E-state index < -0.39 is 0 Å². The number of hydrogen-bond acceptors (Lipinski definition) is 4. The molecule has 0 aliphatic carbocycles. The number of rotatable bonds is 7. The quantitative estimate of drug-likeness (QED) is 0.601. The maximum Gasteiger partial charge on any atom is 0.0593 e. The molecule has 2 rings (SSSR count). The fourth-order valence-electron chi connectivity index (χ4n) is 2.49. The number of nitrogens with zero attached hydrogens (tertiary/aromatic N) is 1. The summed E-state index contributed by atoms with van der Waals surface area (Å²) in [5.41, 5.74) is 9.64. The number of benzene rings is 1. The molecule has 0 unspecified atom stereocenters. The molecule has 0 radical (unpaired) electrons. The first-order valence-corrected chi connectivity index (χ1v) is 6.96. The molecule has 0 amide bonds. The Morgan fingerprint density at radius 3 is 3.00 bits per heavy atom. The second kappa shape index (κ2) is 7.48. The van der Waals surface area contributed by atoms with Crippen LogP contribution in [0.15, 0.2) is 18.2 Å². The van der Waals surface area contributed by atoms with E-state index in [0.717, 1.165) is 58.0 Å². The first kappa shape index (κ1) is 14.3. The lowest BCUT2D eigenvalue weighted by atomic mass is 9.98. The van der Waals surface area contributed by atoms with Gasteiger partial charge in [0.25, 0.3) is 0 Å². The van der Waals surface area contributed by atoms with Gasteiger partial charge in [0, 0.05) is 45.6 Å². The Balaban J connectivity index is 1.70. The molecule has 0 saturated heterocycles. The summed E-state index contributed by atoms with van der Waals surface area (Å²) >= 11 is 0. The first-order valence-electron chi connectivity index (χ1n) is 6.96. The summed E-state index contributed by atoms with van der Waals surface area (Å²) in [4.78, 5) is 2.43.